The van der Waals surface area contributed by atoms with E-state index in [1.807, 2.05) is 31.2 Å². The van der Waals surface area contributed by atoms with Crippen molar-refractivity contribution in [2.24, 2.45) is 0 Å². The lowest BCUT2D eigenvalue weighted by atomic mass is 10.1. The quantitative estimate of drug-likeness (QED) is 0.583. The number of amides is 2. The van der Waals surface area contributed by atoms with Crippen molar-refractivity contribution in [3.63, 3.8) is 0 Å². The fourth-order valence-electron chi connectivity index (χ4n) is 2.56. The highest BCUT2D eigenvalue weighted by Crippen LogP contribution is 2.21. The SMILES string of the molecule is Cc1ccc(-c2cc(NC(=O)COC(=O)[C@H](C)NC(=O)c3ccccc3)on2)cc1. The highest BCUT2D eigenvalue weighted by atomic mass is 16.5. The van der Waals surface area contributed by atoms with Gasteiger partial charge in [-0.3, -0.25) is 14.9 Å². The molecule has 0 fully saturated rings. The van der Waals surface area contributed by atoms with E-state index >= 15 is 0 Å². The predicted molar refractivity (Wildman–Crippen MR) is 110 cm³/mol. The van der Waals surface area contributed by atoms with Crippen LogP contribution in [0.4, 0.5) is 5.88 Å². The smallest absolute Gasteiger partial charge is 0.328 e. The zero-order valence-electron chi connectivity index (χ0n) is 16.5. The summed E-state index contributed by atoms with van der Waals surface area (Å²) in [6.07, 6.45) is 0. The summed E-state index contributed by atoms with van der Waals surface area (Å²) in [6, 6.07) is 16.8. The third-order valence-corrected chi connectivity index (χ3v) is 4.20. The molecule has 2 amide bonds. The Morgan fingerprint density at radius 3 is 2.47 bits per heavy atom. The summed E-state index contributed by atoms with van der Waals surface area (Å²) >= 11 is 0. The first-order valence-corrected chi connectivity index (χ1v) is 9.28. The van der Waals surface area contributed by atoms with Gasteiger partial charge in [0.15, 0.2) is 6.61 Å². The average Bonchev–Trinajstić information content (AvgIpc) is 3.21. The number of rotatable bonds is 7. The third-order valence-electron chi connectivity index (χ3n) is 4.20. The lowest BCUT2D eigenvalue weighted by Gasteiger charge is -2.13. The molecule has 1 atom stereocenters. The molecule has 30 heavy (non-hydrogen) atoms. The standard InChI is InChI=1S/C22H21N3O5/c1-14-8-10-16(11-9-14)18-12-20(30-25-18)24-19(26)13-29-22(28)15(2)23-21(27)17-6-4-3-5-7-17/h3-12,15H,13H2,1-2H3,(H,23,27)(H,24,26)/t15-/m0/s1. The summed E-state index contributed by atoms with van der Waals surface area (Å²) in [7, 11) is 0. The number of carbonyl (C=O) groups excluding carboxylic acids is 3. The van der Waals surface area contributed by atoms with Crippen LogP contribution in [0.1, 0.15) is 22.8 Å². The normalized spacial score (nSPS) is 11.4. The molecule has 2 N–H and O–H groups in total. The first-order valence-electron chi connectivity index (χ1n) is 9.28. The van der Waals surface area contributed by atoms with Crippen LogP contribution in [0.25, 0.3) is 11.3 Å². The predicted octanol–water partition coefficient (Wildman–Crippen LogP) is 2.95. The van der Waals surface area contributed by atoms with Crippen molar-refractivity contribution in [3.8, 4) is 11.3 Å². The number of hydrogen-bond acceptors (Lipinski definition) is 6. The topological polar surface area (TPSA) is 111 Å². The van der Waals surface area contributed by atoms with Crippen LogP contribution in [0.5, 0.6) is 0 Å². The molecule has 0 spiro atoms. The molecule has 0 aliphatic rings. The zero-order valence-corrected chi connectivity index (χ0v) is 16.5. The molecule has 1 heterocycles. The number of benzene rings is 2. The minimum absolute atomic E-state index is 0.136. The molecule has 0 aliphatic heterocycles. The van der Waals surface area contributed by atoms with Gasteiger partial charge in [-0.05, 0) is 26.0 Å². The van der Waals surface area contributed by atoms with Crippen molar-refractivity contribution in [3.05, 3.63) is 71.8 Å². The number of anilines is 1. The molecule has 2 aromatic carbocycles. The molecular weight excluding hydrogens is 386 g/mol. The van der Waals surface area contributed by atoms with Gasteiger partial charge in [0, 0.05) is 17.2 Å². The maximum Gasteiger partial charge on any atom is 0.328 e. The van der Waals surface area contributed by atoms with Crippen LogP contribution in [-0.2, 0) is 14.3 Å². The second kappa shape index (κ2) is 9.51. The number of hydrogen-bond donors (Lipinski definition) is 2. The van der Waals surface area contributed by atoms with E-state index < -0.39 is 30.4 Å². The van der Waals surface area contributed by atoms with Gasteiger partial charge in [-0.25, -0.2) is 4.79 Å². The fraction of sp³-hybridized carbons (Fsp3) is 0.182. The van der Waals surface area contributed by atoms with Crippen LogP contribution < -0.4 is 10.6 Å². The van der Waals surface area contributed by atoms with Gasteiger partial charge in [-0.1, -0.05) is 53.2 Å². The number of nitrogens with zero attached hydrogens (tertiary/aromatic N) is 1. The van der Waals surface area contributed by atoms with Crippen molar-refractivity contribution in [1.82, 2.24) is 10.5 Å². The molecular formula is C22H21N3O5. The Balaban J connectivity index is 1.46. The van der Waals surface area contributed by atoms with E-state index in [4.69, 9.17) is 9.26 Å². The second-order valence-corrected chi connectivity index (χ2v) is 6.66. The largest absolute Gasteiger partial charge is 0.454 e. The highest BCUT2D eigenvalue weighted by Gasteiger charge is 2.19. The number of ether oxygens (including phenoxy) is 1. The summed E-state index contributed by atoms with van der Waals surface area (Å²) in [5.74, 6) is -1.59. The number of esters is 1. The highest BCUT2D eigenvalue weighted by molar-refractivity contribution is 5.97. The van der Waals surface area contributed by atoms with Gasteiger partial charge in [0.25, 0.3) is 11.8 Å². The first kappa shape index (κ1) is 20.8. The monoisotopic (exact) mass is 407 g/mol. The van der Waals surface area contributed by atoms with E-state index in [0.717, 1.165) is 11.1 Å². The molecule has 0 radical (unpaired) electrons. The second-order valence-electron chi connectivity index (χ2n) is 6.66. The maximum atomic E-state index is 12.1. The van der Waals surface area contributed by atoms with Crippen LogP contribution in [0.3, 0.4) is 0 Å². The Kier molecular flexibility index (Phi) is 6.59. The molecule has 8 nitrogen and oxygen atoms in total. The minimum Gasteiger partial charge on any atom is -0.454 e. The van der Waals surface area contributed by atoms with E-state index in [1.165, 1.54) is 6.92 Å². The molecule has 0 saturated heterocycles. The van der Waals surface area contributed by atoms with Gasteiger partial charge in [0.1, 0.15) is 11.7 Å². The molecule has 0 aliphatic carbocycles. The van der Waals surface area contributed by atoms with Gasteiger partial charge < -0.3 is 14.6 Å². The number of aryl methyl sites for hydroxylation is 1. The summed E-state index contributed by atoms with van der Waals surface area (Å²) in [5, 5.41) is 8.90. The molecule has 154 valence electrons. The fourth-order valence-corrected chi connectivity index (χ4v) is 2.56. The lowest BCUT2D eigenvalue weighted by molar-refractivity contribution is -0.148. The number of carbonyl (C=O) groups is 3. The minimum atomic E-state index is -0.913. The number of nitrogens with one attached hydrogen (secondary N) is 2. The van der Waals surface area contributed by atoms with Crippen molar-refractivity contribution in [2.45, 2.75) is 19.9 Å². The third kappa shape index (κ3) is 5.54. The van der Waals surface area contributed by atoms with E-state index in [9.17, 15) is 14.4 Å². The molecule has 0 unspecified atom stereocenters. The molecule has 8 heteroatoms. The van der Waals surface area contributed by atoms with E-state index in [1.54, 1.807) is 36.4 Å². The first-order chi connectivity index (χ1) is 14.4. The van der Waals surface area contributed by atoms with Gasteiger partial charge in [-0.2, -0.15) is 0 Å². The van der Waals surface area contributed by atoms with Gasteiger partial charge in [0.2, 0.25) is 5.88 Å². The van der Waals surface area contributed by atoms with E-state index in [-0.39, 0.29) is 5.88 Å². The summed E-state index contributed by atoms with van der Waals surface area (Å²) in [5.41, 5.74) is 2.95. The zero-order chi connectivity index (χ0) is 21.5. The Hall–Kier alpha value is -3.94. The Bertz CT molecular complexity index is 1030. The van der Waals surface area contributed by atoms with Crippen LogP contribution in [0.2, 0.25) is 0 Å². The van der Waals surface area contributed by atoms with Gasteiger partial charge in [-0.15, -0.1) is 0 Å². The summed E-state index contributed by atoms with van der Waals surface area (Å²) < 4.78 is 10.0. The van der Waals surface area contributed by atoms with E-state index in [2.05, 4.69) is 15.8 Å². The molecule has 3 rings (SSSR count). The Labute approximate surface area is 173 Å². The van der Waals surface area contributed by atoms with E-state index in [0.29, 0.717) is 11.3 Å². The van der Waals surface area contributed by atoms with Crippen molar-refractivity contribution in [1.29, 1.82) is 0 Å². The van der Waals surface area contributed by atoms with Crippen LogP contribution in [-0.4, -0.2) is 35.6 Å². The molecule has 0 saturated carbocycles. The molecule has 3 aromatic rings. The van der Waals surface area contributed by atoms with Gasteiger partial charge >= 0.3 is 5.97 Å². The Morgan fingerprint density at radius 2 is 1.77 bits per heavy atom. The molecule has 0 bridgehead atoms. The average molecular weight is 407 g/mol. The lowest BCUT2D eigenvalue weighted by Crippen LogP contribution is -2.40. The van der Waals surface area contributed by atoms with Crippen LogP contribution in [0.15, 0.2) is 65.2 Å². The summed E-state index contributed by atoms with van der Waals surface area (Å²) in [4.78, 5) is 36.1. The van der Waals surface area contributed by atoms with Crippen LogP contribution in [0, 0.1) is 6.92 Å². The van der Waals surface area contributed by atoms with Crippen molar-refractivity contribution in [2.75, 3.05) is 11.9 Å². The summed E-state index contributed by atoms with van der Waals surface area (Å²) in [6.45, 7) is 2.93. The number of aromatic nitrogens is 1. The Morgan fingerprint density at radius 1 is 1.07 bits per heavy atom. The molecule has 1 aromatic heterocycles. The maximum absolute atomic E-state index is 12.1. The van der Waals surface area contributed by atoms with Gasteiger partial charge in [0.05, 0.1) is 0 Å². The van der Waals surface area contributed by atoms with Crippen molar-refractivity contribution < 1.29 is 23.6 Å². The van der Waals surface area contributed by atoms with Crippen LogP contribution >= 0.6 is 0 Å². The van der Waals surface area contributed by atoms with Crippen molar-refractivity contribution >= 4 is 23.7 Å².